The molecule has 5 rings (SSSR count). The SMILES string of the molecule is CCC(CC(C/C=C/CCC(C)C(=O)OC1CC(C)(C)N(O)C(C)(C)C1)c1ccccc1)c1ccc(P(=O)(c2ccccc2)c2ccccc2)cc1. The molecule has 52 heavy (non-hydrogen) atoms. The van der Waals surface area contributed by atoms with Crippen molar-refractivity contribution >= 4 is 29.0 Å². The zero-order valence-electron chi connectivity index (χ0n) is 31.9. The number of allylic oxidation sites excluding steroid dienone is 2. The zero-order valence-corrected chi connectivity index (χ0v) is 32.8. The van der Waals surface area contributed by atoms with Crippen LogP contribution in [0.4, 0.5) is 0 Å². The first-order valence-electron chi connectivity index (χ1n) is 19.1. The van der Waals surface area contributed by atoms with Gasteiger partial charge < -0.3 is 14.5 Å². The van der Waals surface area contributed by atoms with Gasteiger partial charge >= 0.3 is 5.97 Å². The lowest BCUT2D eigenvalue weighted by Crippen LogP contribution is -2.60. The monoisotopic (exact) mass is 719 g/mol. The molecule has 0 amide bonds. The molecule has 1 saturated heterocycles. The third-order valence-electron chi connectivity index (χ3n) is 10.9. The Bertz CT molecular complexity index is 1730. The molecule has 1 N–H and O–H groups in total. The van der Waals surface area contributed by atoms with Gasteiger partial charge in [-0.05, 0) is 82.8 Å². The maximum Gasteiger partial charge on any atom is 0.308 e. The summed E-state index contributed by atoms with van der Waals surface area (Å²) >= 11 is 0. The Morgan fingerprint density at radius 1 is 0.769 bits per heavy atom. The van der Waals surface area contributed by atoms with E-state index in [1.807, 2.05) is 95.3 Å². The molecule has 0 aromatic heterocycles. The smallest absolute Gasteiger partial charge is 0.308 e. The van der Waals surface area contributed by atoms with Crippen LogP contribution in [0.2, 0.25) is 0 Å². The summed E-state index contributed by atoms with van der Waals surface area (Å²) in [6, 6.07) is 39.0. The summed E-state index contributed by atoms with van der Waals surface area (Å²) in [6.07, 6.45) is 9.98. The fourth-order valence-corrected chi connectivity index (χ4v) is 10.7. The van der Waals surface area contributed by atoms with Crippen molar-refractivity contribution in [3.8, 4) is 0 Å². The van der Waals surface area contributed by atoms with Crippen LogP contribution in [0.1, 0.15) is 109 Å². The molecule has 5 nitrogen and oxygen atoms in total. The number of esters is 1. The molecule has 0 aliphatic carbocycles. The summed E-state index contributed by atoms with van der Waals surface area (Å²) in [5, 5.41) is 14.6. The molecule has 3 unspecified atom stereocenters. The number of carbonyl (C=O) groups excluding carboxylic acids is 1. The Balaban J connectivity index is 1.23. The van der Waals surface area contributed by atoms with Crippen molar-refractivity contribution < 1.29 is 19.3 Å². The van der Waals surface area contributed by atoms with Crippen LogP contribution in [0.15, 0.2) is 127 Å². The number of hydroxylamine groups is 2. The highest BCUT2D eigenvalue weighted by Gasteiger charge is 2.46. The maximum absolute atomic E-state index is 14.9. The Kier molecular flexibility index (Phi) is 13.2. The third-order valence-corrected chi connectivity index (χ3v) is 14.0. The average molecular weight is 720 g/mol. The molecule has 6 heteroatoms. The first-order valence-corrected chi connectivity index (χ1v) is 20.8. The molecule has 0 spiro atoms. The largest absolute Gasteiger partial charge is 0.462 e. The molecular formula is C46H58NO4P. The second-order valence-electron chi connectivity index (χ2n) is 15.9. The van der Waals surface area contributed by atoms with Crippen LogP contribution in [0.3, 0.4) is 0 Å². The van der Waals surface area contributed by atoms with Gasteiger partial charge in [0.2, 0.25) is 0 Å². The zero-order chi connectivity index (χ0) is 37.4. The molecule has 0 radical (unpaired) electrons. The Morgan fingerprint density at radius 3 is 1.77 bits per heavy atom. The minimum atomic E-state index is -3.02. The molecule has 3 atom stereocenters. The van der Waals surface area contributed by atoms with E-state index in [1.54, 1.807) is 0 Å². The van der Waals surface area contributed by atoms with Crippen LogP contribution in [0.25, 0.3) is 0 Å². The number of hydrogen-bond acceptors (Lipinski definition) is 5. The molecule has 1 aliphatic rings. The number of carbonyl (C=O) groups is 1. The van der Waals surface area contributed by atoms with Crippen LogP contribution in [0.5, 0.6) is 0 Å². The first kappa shape index (κ1) is 39.4. The lowest BCUT2D eigenvalue weighted by Gasteiger charge is -2.51. The molecule has 0 saturated carbocycles. The second kappa shape index (κ2) is 17.4. The summed E-state index contributed by atoms with van der Waals surface area (Å²) in [6.45, 7) is 12.2. The van der Waals surface area contributed by atoms with Gasteiger partial charge in [0, 0.05) is 39.8 Å². The highest BCUT2D eigenvalue weighted by molar-refractivity contribution is 7.85. The van der Waals surface area contributed by atoms with Gasteiger partial charge in [0.05, 0.1) is 5.92 Å². The lowest BCUT2D eigenvalue weighted by molar-refractivity contribution is -0.259. The fourth-order valence-electron chi connectivity index (χ4n) is 8.04. The van der Waals surface area contributed by atoms with E-state index in [4.69, 9.17) is 4.74 Å². The number of benzene rings is 4. The van der Waals surface area contributed by atoms with Crippen molar-refractivity contribution in [1.82, 2.24) is 5.06 Å². The van der Waals surface area contributed by atoms with Crippen LogP contribution in [0, 0.1) is 5.92 Å². The van der Waals surface area contributed by atoms with Crippen LogP contribution >= 0.6 is 7.14 Å². The summed E-state index contributed by atoms with van der Waals surface area (Å²) < 4.78 is 20.9. The summed E-state index contributed by atoms with van der Waals surface area (Å²) in [5.74, 6) is 0.343. The van der Waals surface area contributed by atoms with Gasteiger partial charge in [-0.15, -0.1) is 0 Å². The van der Waals surface area contributed by atoms with Crippen LogP contribution in [-0.2, 0) is 14.1 Å². The molecule has 1 heterocycles. The number of hydrogen-bond donors (Lipinski definition) is 1. The first-order chi connectivity index (χ1) is 24.8. The molecule has 276 valence electrons. The van der Waals surface area contributed by atoms with Gasteiger partial charge in [-0.3, -0.25) is 4.79 Å². The van der Waals surface area contributed by atoms with Crippen LogP contribution in [-0.4, -0.2) is 33.4 Å². The average Bonchev–Trinajstić information content (AvgIpc) is 3.15. The Labute approximate surface area is 312 Å². The second-order valence-corrected chi connectivity index (χ2v) is 18.7. The van der Waals surface area contributed by atoms with Crippen molar-refractivity contribution in [3.05, 3.63) is 139 Å². The summed E-state index contributed by atoms with van der Waals surface area (Å²) in [4.78, 5) is 13.0. The van der Waals surface area contributed by atoms with Gasteiger partial charge in [0.1, 0.15) is 6.10 Å². The van der Waals surface area contributed by atoms with E-state index in [0.717, 1.165) is 48.0 Å². The van der Waals surface area contributed by atoms with Crippen molar-refractivity contribution in [2.24, 2.45) is 5.92 Å². The molecular weight excluding hydrogens is 661 g/mol. The van der Waals surface area contributed by atoms with E-state index >= 15 is 0 Å². The van der Waals surface area contributed by atoms with Crippen molar-refractivity contribution in [2.75, 3.05) is 0 Å². The van der Waals surface area contributed by atoms with Gasteiger partial charge in [-0.25, -0.2) is 0 Å². The quantitative estimate of drug-likeness (QED) is 0.0753. The van der Waals surface area contributed by atoms with Gasteiger partial charge in [0.25, 0.3) is 0 Å². The molecule has 1 aliphatic heterocycles. The molecule has 4 aromatic carbocycles. The number of rotatable bonds is 15. The van der Waals surface area contributed by atoms with Crippen molar-refractivity contribution in [3.63, 3.8) is 0 Å². The number of ether oxygens (including phenoxy) is 1. The van der Waals surface area contributed by atoms with E-state index in [0.29, 0.717) is 24.7 Å². The molecule has 0 bridgehead atoms. The predicted molar refractivity (Wildman–Crippen MR) is 216 cm³/mol. The van der Waals surface area contributed by atoms with Crippen molar-refractivity contribution in [1.29, 1.82) is 0 Å². The summed E-state index contributed by atoms with van der Waals surface area (Å²) in [5.41, 5.74) is 1.69. The Morgan fingerprint density at radius 2 is 1.25 bits per heavy atom. The Hall–Kier alpha value is -3.76. The molecule has 4 aromatic rings. The van der Waals surface area contributed by atoms with Crippen molar-refractivity contribution in [2.45, 2.75) is 116 Å². The highest BCUT2D eigenvalue weighted by atomic mass is 31.2. The van der Waals surface area contributed by atoms with Gasteiger partial charge in [-0.1, -0.05) is 141 Å². The number of piperidine rings is 1. The van der Waals surface area contributed by atoms with E-state index in [2.05, 4.69) is 73.7 Å². The third kappa shape index (κ3) is 9.42. The van der Waals surface area contributed by atoms with E-state index < -0.39 is 18.2 Å². The number of nitrogens with zero attached hydrogens (tertiary/aromatic N) is 1. The van der Waals surface area contributed by atoms with E-state index in [-0.39, 0.29) is 18.0 Å². The van der Waals surface area contributed by atoms with Gasteiger partial charge in [-0.2, -0.15) is 5.06 Å². The minimum Gasteiger partial charge on any atom is -0.462 e. The van der Waals surface area contributed by atoms with E-state index in [1.165, 1.54) is 16.2 Å². The normalized spacial score (nSPS) is 18.1. The standard InChI is InChI=1S/C46H58NO4P/c1-7-36(38-28-30-43(31-29-38)52(50,41-24-16-10-17-25-41)42-26-18-11-19-27-42)32-39(37-21-13-9-14-22-37)23-15-8-12-20-35(2)44(48)51-40-33-45(3,4)47(49)46(5,6)34-40/h8-11,13-19,21-22,24-31,35-36,39-40,49H,7,12,20,23,32-34H2,1-6H3/b15-8+. The van der Waals surface area contributed by atoms with Crippen LogP contribution < -0.4 is 15.9 Å². The van der Waals surface area contributed by atoms with E-state index in [9.17, 15) is 14.6 Å². The summed E-state index contributed by atoms with van der Waals surface area (Å²) in [7, 11) is -3.02. The minimum absolute atomic E-state index is 0.153. The molecule has 1 fully saturated rings. The predicted octanol–water partition coefficient (Wildman–Crippen LogP) is 10.3. The highest BCUT2D eigenvalue weighted by Crippen LogP contribution is 2.43. The van der Waals surface area contributed by atoms with Gasteiger partial charge in [0.15, 0.2) is 7.14 Å². The fraction of sp³-hybridized carbons (Fsp3) is 0.413. The lowest BCUT2D eigenvalue weighted by atomic mass is 9.80. The maximum atomic E-state index is 14.9. The topological polar surface area (TPSA) is 66.8 Å².